The summed E-state index contributed by atoms with van der Waals surface area (Å²) < 4.78 is 32.4. The van der Waals surface area contributed by atoms with Crippen molar-refractivity contribution in [1.29, 1.82) is 0 Å². The van der Waals surface area contributed by atoms with Gasteiger partial charge in [-0.15, -0.1) is 12.8 Å². The lowest BCUT2D eigenvalue weighted by Crippen LogP contribution is -2.51. The van der Waals surface area contributed by atoms with Crippen LogP contribution in [0.1, 0.15) is 44.4 Å². The van der Waals surface area contributed by atoms with Gasteiger partial charge in [0.15, 0.2) is 11.8 Å². The summed E-state index contributed by atoms with van der Waals surface area (Å²) in [4.78, 5) is 27.9. The zero-order valence-electron chi connectivity index (χ0n) is 18.2. The monoisotopic (exact) mass is 493 g/mol. The van der Waals surface area contributed by atoms with Crippen LogP contribution in [-0.4, -0.2) is 65.3 Å². The number of carbonyl (C=O) groups is 2. The quantitative estimate of drug-likeness (QED) is 0.0612. The number of carboxylic acids is 1. The molecule has 3 atom stereocenters. The lowest BCUT2D eigenvalue weighted by Gasteiger charge is -2.16. The van der Waals surface area contributed by atoms with E-state index in [0.717, 1.165) is 6.92 Å². The maximum Gasteiger partial charge on any atom is 0.324 e. The van der Waals surface area contributed by atoms with Gasteiger partial charge < -0.3 is 37.7 Å². The molecule has 17 heteroatoms. The average Bonchev–Trinajstić information content (AvgIpc) is 3.18. The van der Waals surface area contributed by atoms with Crippen molar-refractivity contribution in [3.63, 3.8) is 0 Å². The average molecular weight is 494 g/mol. The molecule has 33 heavy (non-hydrogen) atoms. The normalized spacial score (nSPS) is 13.2. The number of aliphatic imine (C=N–C) groups is 1. The van der Waals surface area contributed by atoms with Crippen LogP contribution in [0.3, 0.4) is 0 Å². The Morgan fingerprint density at radius 2 is 1.82 bits per heavy atom. The van der Waals surface area contributed by atoms with E-state index in [1.54, 1.807) is 4.72 Å². The second-order valence-corrected chi connectivity index (χ2v) is 7.74. The number of primary amides is 1. The molecule has 1 rings (SSSR count). The molecule has 0 aromatic carbocycles. The molecule has 1 amide bonds. The first-order valence-electron chi connectivity index (χ1n) is 9.15. The van der Waals surface area contributed by atoms with Crippen molar-refractivity contribution in [3.8, 4) is 12.8 Å². The molecule has 0 fully saturated rings. The molecular formula is C16H31N9O7S. The van der Waals surface area contributed by atoms with Crippen LogP contribution in [-0.2, 0) is 26.3 Å². The number of aliphatic hydroxyl groups excluding tert-OH is 1. The zero-order valence-corrected chi connectivity index (χ0v) is 19.0. The highest BCUT2D eigenvalue weighted by Crippen LogP contribution is 2.12. The van der Waals surface area contributed by atoms with E-state index >= 15 is 0 Å². The number of carbonyl (C=O) groups excluding carboxylic acids is 1. The number of aliphatic hydroxyl groups is 1. The molecule has 16 nitrogen and oxygen atoms in total. The van der Waals surface area contributed by atoms with Crippen molar-refractivity contribution in [1.82, 2.24) is 19.6 Å². The number of nitrogens with zero attached hydrogens (tertiary/aromatic N) is 3. The fraction of sp³-hybridized carbons (Fsp3) is 0.562. The van der Waals surface area contributed by atoms with Crippen molar-refractivity contribution in [2.75, 3.05) is 6.54 Å². The molecule has 0 spiro atoms. The van der Waals surface area contributed by atoms with Crippen LogP contribution in [0.4, 0.5) is 0 Å². The Balaban J connectivity index is 0. The third kappa shape index (κ3) is 16.1. The molecule has 0 aliphatic heterocycles. The minimum absolute atomic E-state index is 0.0213. The number of amides is 1. The van der Waals surface area contributed by atoms with E-state index in [4.69, 9.17) is 26.8 Å². The molecule has 1 aromatic heterocycles. The molecule has 0 radical (unpaired) electrons. The van der Waals surface area contributed by atoms with Crippen LogP contribution in [0.5, 0.6) is 0 Å². The van der Waals surface area contributed by atoms with Gasteiger partial charge in [0.25, 0.3) is 10.2 Å². The SMILES string of the molecule is C#C.CC(N)=O.CC(O)C(NS(=O)(=O)NCc1nc([C@@H](N)CCCN=C(N)N)no1)C(=O)O. The number of guanidine groups is 1. The molecule has 0 saturated carbocycles. The predicted octanol–water partition coefficient (Wildman–Crippen LogP) is -3.38. The number of hydrogen-bond donors (Lipinski definition) is 8. The summed E-state index contributed by atoms with van der Waals surface area (Å²) >= 11 is 0. The fourth-order valence-electron chi connectivity index (χ4n) is 1.86. The number of carboxylic acid groups (broad SMARTS) is 1. The van der Waals surface area contributed by atoms with Gasteiger partial charge >= 0.3 is 5.97 Å². The van der Waals surface area contributed by atoms with Gasteiger partial charge in [0.2, 0.25) is 11.8 Å². The first kappa shape index (κ1) is 31.9. The van der Waals surface area contributed by atoms with Crippen LogP contribution >= 0.6 is 0 Å². The Bertz CT molecular complexity index is 876. The van der Waals surface area contributed by atoms with Gasteiger partial charge in [-0.2, -0.15) is 22.8 Å². The molecule has 12 N–H and O–H groups in total. The lowest BCUT2D eigenvalue weighted by atomic mass is 10.1. The van der Waals surface area contributed by atoms with Crippen LogP contribution in [0.2, 0.25) is 0 Å². The number of rotatable bonds is 12. The first-order chi connectivity index (χ1) is 15.2. The summed E-state index contributed by atoms with van der Waals surface area (Å²) in [5, 5.41) is 21.8. The Morgan fingerprint density at radius 1 is 1.27 bits per heavy atom. The molecule has 188 valence electrons. The molecule has 1 heterocycles. The molecule has 0 saturated heterocycles. The standard InChI is InChI=1S/C12H24N8O6S.C2H5NO.C2H2/c1-6(21)9(11(22)23)20-27(24,25)17-5-8-18-10(19-26-8)7(13)3-2-4-16-12(14)15;1-2(3)4;1-2/h6-7,9,17,20-21H,2-5,13H2,1H3,(H,22,23)(H4,14,15,16);1H3,(H2,3,4);1-2H/t6?,7-,9?;;/m0../s1. The number of nitrogens with one attached hydrogen (secondary N) is 2. The van der Waals surface area contributed by atoms with Gasteiger partial charge in [0, 0.05) is 13.5 Å². The van der Waals surface area contributed by atoms with Crippen LogP contribution in [0.25, 0.3) is 0 Å². The van der Waals surface area contributed by atoms with Gasteiger partial charge in [-0.05, 0) is 19.8 Å². The Hall–Kier alpha value is -3.30. The zero-order chi connectivity index (χ0) is 26.2. The van der Waals surface area contributed by atoms with Crippen LogP contribution in [0.15, 0.2) is 9.52 Å². The predicted molar refractivity (Wildman–Crippen MR) is 118 cm³/mol. The van der Waals surface area contributed by atoms with Gasteiger partial charge in [-0.3, -0.25) is 14.6 Å². The number of hydrogen-bond acceptors (Lipinski definition) is 10. The maximum atomic E-state index is 11.8. The summed E-state index contributed by atoms with van der Waals surface area (Å²) in [7, 11) is -4.24. The van der Waals surface area contributed by atoms with E-state index in [1.165, 1.54) is 6.92 Å². The topological polar surface area (TPSA) is 288 Å². The summed E-state index contributed by atoms with van der Waals surface area (Å²) in [6, 6.07) is -2.27. The highest BCUT2D eigenvalue weighted by atomic mass is 32.2. The van der Waals surface area contributed by atoms with E-state index < -0.39 is 40.9 Å². The van der Waals surface area contributed by atoms with E-state index in [2.05, 4.69) is 33.7 Å². The van der Waals surface area contributed by atoms with Crippen LogP contribution in [0, 0.1) is 12.8 Å². The Morgan fingerprint density at radius 3 is 2.27 bits per heavy atom. The summed E-state index contributed by atoms with van der Waals surface area (Å²) in [6.45, 7) is 2.44. The summed E-state index contributed by atoms with van der Waals surface area (Å²) in [6.07, 6.45) is 7.61. The Labute approximate surface area is 191 Å². The van der Waals surface area contributed by atoms with Crippen molar-refractivity contribution in [3.05, 3.63) is 11.7 Å². The third-order valence-electron chi connectivity index (χ3n) is 3.23. The second-order valence-electron chi connectivity index (χ2n) is 6.21. The fourth-order valence-corrected chi connectivity index (χ4v) is 2.89. The van der Waals surface area contributed by atoms with Crippen molar-refractivity contribution in [2.24, 2.45) is 27.9 Å². The lowest BCUT2D eigenvalue weighted by molar-refractivity contribution is -0.141. The van der Waals surface area contributed by atoms with E-state index in [1.807, 2.05) is 4.72 Å². The molecular weight excluding hydrogens is 462 g/mol. The minimum atomic E-state index is -4.24. The van der Waals surface area contributed by atoms with E-state index in [-0.39, 0.29) is 23.6 Å². The van der Waals surface area contributed by atoms with Crippen LogP contribution < -0.4 is 32.4 Å². The number of terminal acetylenes is 1. The maximum absolute atomic E-state index is 11.8. The summed E-state index contributed by atoms with van der Waals surface area (Å²) in [5.41, 5.74) is 20.8. The van der Waals surface area contributed by atoms with Gasteiger partial charge in [0.05, 0.1) is 18.7 Å². The Kier molecular flexibility index (Phi) is 15.8. The number of aliphatic carboxylic acids is 1. The highest BCUT2D eigenvalue weighted by Gasteiger charge is 2.28. The van der Waals surface area contributed by atoms with Gasteiger partial charge in [0.1, 0.15) is 6.04 Å². The molecule has 0 aliphatic rings. The molecule has 1 aromatic rings. The summed E-state index contributed by atoms with van der Waals surface area (Å²) in [5.74, 6) is -1.78. The van der Waals surface area contributed by atoms with Crippen molar-refractivity contribution < 1.29 is 32.7 Å². The second kappa shape index (κ2) is 16.3. The third-order valence-corrected chi connectivity index (χ3v) is 4.32. The van der Waals surface area contributed by atoms with Crippen molar-refractivity contribution in [2.45, 2.75) is 51.4 Å². The van der Waals surface area contributed by atoms with E-state index in [0.29, 0.717) is 19.4 Å². The largest absolute Gasteiger partial charge is 0.480 e. The smallest absolute Gasteiger partial charge is 0.324 e. The van der Waals surface area contributed by atoms with E-state index in [9.17, 15) is 23.1 Å². The van der Waals surface area contributed by atoms with Gasteiger partial charge in [-0.1, -0.05) is 5.16 Å². The molecule has 0 aliphatic carbocycles. The minimum Gasteiger partial charge on any atom is -0.480 e. The number of nitrogens with two attached hydrogens (primary N) is 4. The molecule has 0 bridgehead atoms. The first-order valence-corrected chi connectivity index (χ1v) is 10.6. The highest BCUT2D eigenvalue weighted by molar-refractivity contribution is 7.87. The molecule has 2 unspecified atom stereocenters. The van der Waals surface area contributed by atoms with Crippen molar-refractivity contribution >= 4 is 28.0 Å². The number of aromatic nitrogens is 2. The van der Waals surface area contributed by atoms with Gasteiger partial charge in [-0.25, -0.2) is 0 Å².